The van der Waals surface area contributed by atoms with Crippen LogP contribution in [0.3, 0.4) is 0 Å². The third-order valence-electron chi connectivity index (χ3n) is 0. The van der Waals surface area contributed by atoms with Crippen LogP contribution in [-0.4, -0.2) is 9.29 Å². The Morgan fingerprint density at radius 3 is 1.25 bits per heavy atom. The first kappa shape index (κ1) is 8.83. The Morgan fingerprint density at radius 1 is 1.25 bits per heavy atom. The van der Waals surface area contributed by atoms with Gasteiger partial charge in [0.15, 0.2) is 0 Å². The van der Waals surface area contributed by atoms with Gasteiger partial charge in [0.1, 0.15) is 0 Å². The van der Waals surface area contributed by atoms with Crippen LogP contribution in [0.4, 0.5) is 0 Å². The Bertz CT molecular complexity index is 27.0. The van der Waals surface area contributed by atoms with Gasteiger partial charge in [0, 0.05) is 27.7 Å². The van der Waals surface area contributed by atoms with Crippen LogP contribution in [0.1, 0.15) is 0 Å². The molecule has 0 aliphatic heterocycles. The summed E-state index contributed by atoms with van der Waals surface area (Å²) in [6, 6.07) is 0. The van der Waals surface area contributed by atoms with Gasteiger partial charge in [-0.05, 0) is 0 Å². The molecule has 0 atom stereocenters. The fourth-order valence-corrected chi connectivity index (χ4v) is 0. The monoisotopic (exact) mass is 262 g/mol. The SMILES string of the molecule is O=[Si]=O.[Hg]. The topological polar surface area (TPSA) is 34.1 Å². The third-order valence-corrected chi connectivity index (χ3v) is 0. The molecule has 0 aromatic heterocycles. The van der Waals surface area contributed by atoms with E-state index in [1.165, 1.54) is 0 Å². The van der Waals surface area contributed by atoms with Crippen molar-refractivity contribution < 1.29 is 36.6 Å². The standard InChI is InChI=1S/Hg.O2Si/c;1-3-2. The van der Waals surface area contributed by atoms with Crippen LogP contribution in [0.5, 0.6) is 0 Å². The van der Waals surface area contributed by atoms with Crippen LogP contribution in [-0.2, 0) is 36.6 Å². The van der Waals surface area contributed by atoms with Crippen molar-refractivity contribution in [2.75, 3.05) is 0 Å². The molecule has 0 heterocycles. The number of rotatable bonds is 0. The molecule has 0 aliphatic carbocycles. The molecule has 0 radical (unpaired) electrons. The fourth-order valence-electron chi connectivity index (χ4n) is 0. The Kier molecular flexibility index (Phi) is 20.4. The van der Waals surface area contributed by atoms with Crippen LogP contribution in [0.25, 0.3) is 0 Å². The van der Waals surface area contributed by atoms with Crippen LogP contribution in [0.15, 0.2) is 0 Å². The van der Waals surface area contributed by atoms with Crippen molar-refractivity contribution in [3.63, 3.8) is 0 Å². The second kappa shape index (κ2) is 9.26. The summed E-state index contributed by atoms with van der Waals surface area (Å²) in [4.78, 5) is 0. The molecule has 0 rings (SSSR count). The molecule has 2 nitrogen and oxygen atoms in total. The van der Waals surface area contributed by atoms with Crippen molar-refractivity contribution in [2.45, 2.75) is 0 Å². The van der Waals surface area contributed by atoms with Gasteiger partial charge in [-0.3, -0.25) is 8.92 Å². The van der Waals surface area contributed by atoms with Gasteiger partial charge in [-0.2, -0.15) is 0 Å². The van der Waals surface area contributed by atoms with E-state index in [-0.39, 0.29) is 27.7 Å². The van der Waals surface area contributed by atoms with Crippen molar-refractivity contribution in [3.05, 3.63) is 0 Å². The zero-order valence-corrected chi connectivity index (χ0v) is 8.52. The van der Waals surface area contributed by atoms with Gasteiger partial charge in [0.2, 0.25) is 0 Å². The first-order valence-corrected chi connectivity index (χ1v) is 1.22. The zero-order valence-electron chi connectivity index (χ0n) is 2.02. The Balaban J connectivity index is 0. The van der Waals surface area contributed by atoms with E-state index in [1.807, 2.05) is 0 Å². The maximum Gasteiger partial charge on any atom is 0.549 e. The largest absolute Gasteiger partial charge is 0.549 e. The Labute approximate surface area is 46.0 Å². The average Bonchev–Trinajstić information content (AvgIpc) is 0.918. The molecule has 18 valence electrons. The molecule has 0 aromatic rings. The van der Waals surface area contributed by atoms with Crippen molar-refractivity contribution in [3.8, 4) is 0 Å². The molecule has 0 amide bonds. The first-order chi connectivity index (χ1) is 1.41. The van der Waals surface area contributed by atoms with E-state index < -0.39 is 9.29 Å². The predicted octanol–water partition coefficient (Wildman–Crippen LogP) is -0.621. The van der Waals surface area contributed by atoms with Crippen molar-refractivity contribution in [2.24, 2.45) is 0 Å². The summed E-state index contributed by atoms with van der Waals surface area (Å²) in [5.41, 5.74) is 0. The van der Waals surface area contributed by atoms with Gasteiger partial charge in [-0.15, -0.1) is 0 Å². The Hall–Kier alpha value is 0.752. The normalized spacial score (nSPS) is 2.00. The van der Waals surface area contributed by atoms with E-state index >= 15 is 0 Å². The minimum absolute atomic E-state index is 0. The number of hydrogen-bond acceptors (Lipinski definition) is 2. The average molecular weight is 261 g/mol. The quantitative estimate of drug-likeness (QED) is 0.544. The summed E-state index contributed by atoms with van der Waals surface area (Å²) in [6.45, 7) is 0. The van der Waals surface area contributed by atoms with E-state index in [4.69, 9.17) is 8.92 Å². The van der Waals surface area contributed by atoms with Gasteiger partial charge >= 0.3 is 9.29 Å². The molecule has 4 heteroatoms. The van der Waals surface area contributed by atoms with Gasteiger partial charge in [0.05, 0.1) is 0 Å². The molecule has 4 heavy (non-hydrogen) atoms. The Morgan fingerprint density at radius 2 is 1.25 bits per heavy atom. The van der Waals surface area contributed by atoms with E-state index in [0.717, 1.165) is 0 Å². The van der Waals surface area contributed by atoms with Gasteiger partial charge < -0.3 is 0 Å². The summed E-state index contributed by atoms with van der Waals surface area (Å²) in [6.07, 6.45) is 0. The molecule has 0 saturated carbocycles. The fraction of sp³-hybridized carbons (Fsp3) is 0. The molecule has 0 fully saturated rings. The van der Waals surface area contributed by atoms with E-state index in [9.17, 15) is 0 Å². The molecule has 0 spiro atoms. The van der Waals surface area contributed by atoms with Crippen LogP contribution < -0.4 is 0 Å². The molecular weight excluding hydrogens is 261 g/mol. The second-order valence-electron chi connectivity index (χ2n) is 0.0833. The smallest absolute Gasteiger partial charge is 0.274 e. The predicted molar refractivity (Wildman–Crippen MR) is 7.13 cm³/mol. The molecule has 0 aliphatic rings. The molecule has 0 unspecified atom stereocenters. The van der Waals surface area contributed by atoms with Gasteiger partial charge in [-0.25, -0.2) is 0 Å². The summed E-state index contributed by atoms with van der Waals surface area (Å²) >= 11 is 0. The maximum atomic E-state index is 8.40. The number of hydrogen-bond donors (Lipinski definition) is 0. The summed E-state index contributed by atoms with van der Waals surface area (Å²) in [7, 11) is -1.42. The van der Waals surface area contributed by atoms with Crippen LogP contribution in [0, 0.1) is 0 Å². The molecule has 0 aromatic carbocycles. The summed E-state index contributed by atoms with van der Waals surface area (Å²) in [5, 5.41) is 0. The van der Waals surface area contributed by atoms with E-state index in [0.29, 0.717) is 0 Å². The summed E-state index contributed by atoms with van der Waals surface area (Å²) < 4.78 is 16.8. The van der Waals surface area contributed by atoms with Crippen LogP contribution >= 0.6 is 0 Å². The summed E-state index contributed by atoms with van der Waals surface area (Å²) in [5.74, 6) is 0. The van der Waals surface area contributed by atoms with Crippen LogP contribution in [0.2, 0.25) is 0 Å². The maximum absolute atomic E-state index is 8.40. The zero-order chi connectivity index (χ0) is 2.71. The van der Waals surface area contributed by atoms with E-state index in [2.05, 4.69) is 0 Å². The van der Waals surface area contributed by atoms with E-state index in [1.54, 1.807) is 0 Å². The van der Waals surface area contributed by atoms with Gasteiger partial charge in [0.25, 0.3) is 0 Å². The second-order valence-corrected chi connectivity index (χ2v) is 0.250. The van der Waals surface area contributed by atoms with Crippen molar-refractivity contribution >= 4 is 9.29 Å². The van der Waals surface area contributed by atoms with Gasteiger partial charge in [-0.1, -0.05) is 0 Å². The van der Waals surface area contributed by atoms with Crippen molar-refractivity contribution in [1.82, 2.24) is 0 Å². The van der Waals surface area contributed by atoms with Crippen molar-refractivity contribution in [1.29, 1.82) is 0 Å². The minimum atomic E-state index is -1.42. The molecular formula is HgO2Si. The third kappa shape index (κ3) is 14.9. The molecule has 0 saturated heterocycles. The molecule has 0 bridgehead atoms. The molecule has 0 N–H and O–H groups in total. The minimum Gasteiger partial charge on any atom is -0.274 e. The first-order valence-electron chi connectivity index (χ1n) is 0.408.